The van der Waals surface area contributed by atoms with Crippen LogP contribution in [0.1, 0.15) is 18.4 Å². The Labute approximate surface area is 165 Å². The summed E-state index contributed by atoms with van der Waals surface area (Å²) in [5.74, 6) is 1.56. The number of nitrogens with zero attached hydrogens (tertiary/aromatic N) is 2. The van der Waals surface area contributed by atoms with Crippen molar-refractivity contribution in [3.8, 4) is 5.75 Å². The lowest BCUT2D eigenvalue weighted by Gasteiger charge is -2.55. The summed E-state index contributed by atoms with van der Waals surface area (Å²) in [6, 6.07) is 7.60. The number of hydrogen-bond donors (Lipinski definition) is 1. The number of likely N-dealkylation sites (tertiary alicyclic amines) is 1. The van der Waals surface area contributed by atoms with Gasteiger partial charge in [0.1, 0.15) is 17.4 Å². The topological polar surface area (TPSA) is 71.1 Å². The summed E-state index contributed by atoms with van der Waals surface area (Å²) >= 11 is 0. The molecule has 28 heavy (non-hydrogen) atoms. The maximum absolute atomic E-state index is 12.9. The van der Waals surface area contributed by atoms with Crippen LogP contribution in [0.15, 0.2) is 24.3 Å². The summed E-state index contributed by atoms with van der Waals surface area (Å²) in [4.78, 5) is 29.2. The second kappa shape index (κ2) is 6.74. The minimum atomic E-state index is -0.431. The van der Waals surface area contributed by atoms with E-state index in [2.05, 4.69) is 10.2 Å². The summed E-state index contributed by atoms with van der Waals surface area (Å²) in [6.07, 6.45) is 2.69. The fourth-order valence-electron chi connectivity index (χ4n) is 4.64. The zero-order valence-corrected chi connectivity index (χ0v) is 16.2. The molecule has 5 rings (SSSR count). The highest BCUT2D eigenvalue weighted by atomic mass is 16.5. The molecule has 2 saturated heterocycles. The fourth-order valence-corrected chi connectivity index (χ4v) is 4.64. The smallest absolute Gasteiger partial charge is 0.264 e. The van der Waals surface area contributed by atoms with Crippen molar-refractivity contribution in [2.45, 2.75) is 37.0 Å². The van der Waals surface area contributed by atoms with Crippen LogP contribution >= 0.6 is 0 Å². The Morgan fingerprint density at radius 3 is 2.71 bits per heavy atom. The molecular formula is C21H27N3O4. The lowest BCUT2D eigenvalue weighted by Crippen LogP contribution is -2.74. The number of nitrogens with one attached hydrogen (secondary N) is 1. The van der Waals surface area contributed by atoms with Gasteiger partial charge in [0.15, 0.2) is 6.10 Å². The van der Waals surface area contributed by atoms with Gasteiger partial charge in [0.2, 0.25) is 5.91 Å². The zero-order valence-electron chi connectivity index (χ0n) is 16.2. The highest BCUT2D eigenvalue weighted by Crippen LogP contribution is 2.37. The Kier molecular flexibility index (Phi) is 4.32. The van der Waals surface area contributed by atoms with Gasteiger partial charge in [0, 0.05) is 26.6 Å². The maximum Gasteiger partial charge on any atom is 0.264 e. The van der Waals surface area contributed by atoms with Crippen LogP contribution < -0.4 is 10.1 Å². The Morgan fingerprint density at radius 2 is 2.00 bits per heavy atom. The second-order valence-corrected chi connectivity index (χ2v) is 8.61. The summed E-state index contributed by atoms with van der Waals surface area (Å²) in [5, 5.41) is 2.75. The van der Waals surface area contributed by atoms with Crippen molar-refractivity contribution in [3.05, 3.63) is 29.8 Å². The fraction of sp³-hybridized carbons (Fsp3) is 0.619. The molecule has 1 spiro atoms. The quantitative estimate of drug-likeness (QED) is 0.814. The number of hydrogen-bond acceptors (Lipinski definition) is 5. The standard InChI is InChI=1S/C21H27N3O4/c1-22-19(25)16-10-27-21(11-23(16)9-14-6-7-14)12-24(13-21)20(26)18-8-15-4-2-3-5-17(15)28-18/h2-5,14,16,18H,6-13H2,1H3,(H,22,25). The van der Waals surface area contributed by atoms with Gasteiger partial charge in [-0.25, -0.2) is 0 Å². The molecule has 2 atom stereocenters. The Bertz CT molecular complexity index is 763. The van der Waals surface area contributed by atoms with Gasteiger partial charge in [-0.05, 0) is 30.4 Å². The first kappa shape index (κ1) is 17.9. The molecule has 3 heterocycles. The number of rotatable bonds is 4. The first-order valence-corrected chi connectivity index (χ1v) is 10.2. The molecule has 1 aliphatic carbocycles. The zero-order chi connectivity index (χ0) is 19.3. The summed E-state index contributed by atoms with van der Waals surface area (Å²) in [5.41, 5.74) is 0.745. The summed E-state index contributed by atoms with van der Waals surface area (Å²) < 4.78 is 12.0. The van der Waals surface area contributed by atoms with Crippen LogP contribution in [0, 0.1) is 5.92 Å². The molecule has 7 heteroatoms. The van der Waals surface area contributed by atoms with Crippen LogP contribution in [0.25, 0.3) is 0 Å². The predicted octanol–water partition coefficient (Wildman–Crippen LogP) is 0.428. The van der Waals surface area contributed by atoms with Gasteiger partial charge in [0.25, 0.3) is 5.91 Å². The molecule has 150 valence electrons. The molecule has 7 nitrogen and oxygen atoms in total. The van der Waals surface area contributed by atoms with E-state index in [0.29, 0.717) is 38.6 Å². The van der Waals surface area contributed by atoms with E-state index in [1.807, 2.05) is 29.2 Å². The van der Waals surface area contributed by atoms with E-state index in [9.17, 15) is 9.59 Å². The number of carbonyl (C=O) groups excluding carboxylic acids is 2. The van der Waals surface area contributed by atoms with Gasteiger partial charge in [-0.15, -0.1) is 0 Å². The van der Waals surface area contributed by atoms with Gasteiger partial charge in [-0.2, -0.15) is 0 Å². The molecule has 2 amide bonds. The molecule has 2 unspecified atom stereocenters. The van der Waals surface area contributed by atoms with E-state index >= 15 is 0 Å². The minimum absolute atomic E-state index is 0.0138. The maximum atomic E-state index is 12.9. The molecule has 0 bridgehead atoms. The van der Waals surface area contributed by atoms with E-state index in [4.69, 9.17) is 9.47 Å². The normalized spacial score (nSPS) is 28.4. The molecule has 0 aromatic heterocycles. The van der Waals surface area contributed by atoms with Gasteiger partial charge in [-0.3, -0.25) is 14.5 Å². The number of ether oxygens (including phenoxy) is 2. The van der Waals surface area contributed by atoms with Crippen LogP contribution in [-0.4, -0.2) is 79.2 Å². The highest BCUT2D eigenvalue weighted by molar-refractivity contribution is 5.84. The number of para-hydroxylation sites is 1. The van der Waals surface area contributed by atoms with Crippen LogP contribution in [0.3, 0.4) is 0 Å². The van der Waals surface area contributed by atoms with E-state index in [1.165, 1.54) is 12.8 Å². The van der Waals surface area contributed by atoms with Gasteiger partial charge in [0.05, 0.1) is 19.7 Å². The van der Waals surface area contributed by atoms with Crippen molar-refractivity contribution in [3.63, 3.8) is 0 Å². The largest absolute Gasteiger partial charge is 0.480 e. The summed E-state index contributed by atoms with van der Waals surface area (Å²) in [7, 11) is 1.67. The van der Waals surface area contributed by atoms with Gasteiger partial charge >= 0.3 is 0 Å². The molecule has 1 N–H and O–H groups in total. The lowest BCUT2D eigenvalue weighted by molar-refractivity contribution is -0.206. The van der Waals surface area contributed by atoms with Crippen molar-refractivity contribution >= 4 is 11.8 Å². The molecule has 4 aliphatic rings. The third kappa shape index (κ3) is 3.16. The third-order valence-electron chi connectivity index (χ3n) is 6.41. The van der Waals surface area contributed by atoms with Gasteiger partial charge < -0.3 is 19.7 Å². The highest BCUT2D eigenvalue weighted by Gasteiger charge is 2.53. The SMILES string of the molecule is CNC(=O)C1COC2(CN(C(=O)C3Cc4ccccc4O3)C2)CN1CC1CC1. The number of likely N-dealkylation sites (N-methyl/N-ethyl adjacent to an activating group) is 1. The third-order valence-corrected chi connectivity index (χ3v) is 6.41. The predicted molar refractivity (Wildman–Crippen MR) is 102 cm³/mol. The van der Waals surface area contributed by atoms with Crippen LogP contribution in [0.4, 0.5) is 0 Å². The average Bonchev–Trinajstić information content (AvgIpc) is 3.39. The van der Waals surface area contributed by atoms with Crippen molar-refractivity contribution in [1.29, 1.82) is 0 Å². The van der Waals surface area contributed by atoms with Crippen LogP contribution in [0.5, 0.6) is 5.75 Å². The molecule has 1 saturated carbocycles. The minimum Gasteiger partial charge on any atom is -0.480 e. The molecule has 3 fully saturated rings. The Morgan fingerprint density at radius 1 is 1.21 bits per heavy atom. The van der Waals surface area contributed by atoms with E-state index in [-0.39, 0.29) is 23.5 Å². The van der Waals surface area contributed by atoms with E-state index < -0.39 is 6.10 Å². The van der Waals surface area contributed by atoms with E-state index in [0.717, 1.165) is 17.9 Å². The van der Waals surface area contributed by atoms with Crippen LogP contribution in [0.2, 0.25) is 0 Å². The monoisotopic (exact) mass is 385 g/mol. The van der Waals surface area contributed by atoms with Crippen molar-refractivity contribution < 1.29 is 19.1 Å². The number of carbonyl (C=O) groups is 2. The number of morpholine rings is 1. The molecule has 1 aromatic rings. The van der Waals surface area contributed by atoms with Crippen LogP contribution in [-0.2, 0) is 20.7 Å². The molecule has 3 aliphatic heterocycles. The van der Waals surface area contributed by atoms with E-state index in [1.54, 1.807) is 7.05 Å². The first-order valence-electron chi connectivity index (χ1n) is 10.2. The molecular weight excluding hydrogens is 358 g/mol. The molecule has 1 aromatic carbocycles. The lowest BCUT2D eigenvalue weighted by atomic mass is 9.89. The first-order chi connectivity index (χ1) is 13.6. The van der Waals surface area contributed by atoms with Crippen molar-refractivity contribution in [2.75, 3.05) is 39.8 Å². The summed E-state index contributed by atoms with van der Waals surface area (Å²) in [6.45, 7) is 3.18. The molecule has 0 radical (unpaired) electrons. The average molecular weight is 385 g/mol. The number of amides is 2. The number of fused-ring (bicyclic) bond motifs is 1. The number of benzene rings is 1. The second-order valence-electron chi connectivity index (χ2n) is 8.61. The van der Waals surface area contributed by atoms with Crippen molar-refractivity contribution in [1.82, 2.24) is 15.1 Å². The van der Waals surface area contributed by atoms with Gasteiger partial charge in [-0.1, -0.05) is 18.2 Å². The van der Waals surface area contributed by atoms with Crippen molar-refractivity contribution in [2.24, 2.45) is 5.92 Å². The Balaban J connectivity index is 1.21. The Hall–Kier alpha value is -2.12.